The van der Waals surface area contributed by atoms with E-state index in [2.05, 4.69) is 25.6 Å². The summed E-state index contributed by atoms with van der Waals surface area (Å²) >= 11 is 1.25. The molecule has 4 heterocycles. The van der Waals surface area contributed by atoms with Gasteiger partial charge in [-0.15, -0.1) is 11.3 Å². The van der Waals surface area contributed by atoms with Gasteiger partial charge in [0.2, 0.25) is 5.88 Å². The van der Waals surface area contributed by atoms with Crippen molar-refractivity contribution in [2.45, 2.75) is 20.8 Å². The Morgan fingerprint density at radius 1 is 0.955 bits per heavy atom. The number of ether oxygens (including phenoxy) is 4. The molecule has 2 amide bonds. The summed E-state index contributed by atoms with van der Waals surface area (Å²) in [5, 5.41) is 7.50. The van der Waals surface area contributed by atoms with Gasteiger partial charge in [-0.25, -0.2) is 29.3 Å². The second kappa shape index (κ2) is 15.5. The Labute approximate surface area is 258 Å². The largest absolute Gasteiger partial charge is 0.475 e. The Morgan fingerprint density at radius 2 is 1.75 bits per heavy atom. The molecule has 0 fully saturated rings. The third-order valence-electron chi connectivity index (χ3n) is 5.98. The SMILES string of the molecule is CCNC(=O)Nc1ncc(-c2cncc(C(=O)OCC)c2)c(-c2nc(-c3cccnc3OCCOC)cs2)c1C(=O)OCC. The first-order chi connectivity index (χ1) is 21.4. The van der Waals surface area contributed by atoms with Crippen LogP contribution in [0.2, 0.25) is 0 Å². The number of hydrogen-bond donors (Lipinski definition) is 2. The van der Waals surface area contributed by atoms with Crippen LogP contribution in [-0.2, 0) is 14.2 Å². The summed E-state index contributed by atoms with van der Waals surface area (Å²) in [6, 6.07) is 4.63. The average Bonchev–Trinajstić information content (AvgIpc) is 3.51. The minimum atomic E-state index is -0.722. The van der Waals surface area contributed by atoms with Gasteiger partial charge in [-0.2, -0.15) is 0 Å². The highest BCUT2D eigenvalue weighted by Crippen LogP contribution is 2.41. The van der Waals surface area contributed by atoms with E-state index in [1.807, 2.05) is 6.07 Å². The van der Waals surface area contributed by atoms with Gasteiger partial charge in [0, 0.05) is 60.5 Å². The Bertz CT molecular complexity index is 1630. The van der Waals surface area contributed by atoms with Gasteiger partial charge >= 0.3 is 18.0 Å². The zero-order valence-electron chi connectivity index (χ0n) is 24.7. The summed E-state index contributed by atoms with van der Waals surface area (Å²) < 4.78 is 21.5. The minimum Gasteiger partial charge on any atom is -0.475 e. The summed E-state index contributed by atoms with van der Waals surface area (Å²) in [7, 11) is 1.58. The maximum Gasteiger partial charge on any atom is 0.342 e. The molecule has 0 saturated heterocycles. The lowest BCUT2D eigenvalue weighted by atomic mass is 9.97. The Kier molecular flexibility index (Phi) is 11.3. The van der Waals surface area contributed by atoms with Crippen molar-refractivity contribution in [2.24, 2.45) is 0 Å². The lowest BCUT2D eigenvalue weighted by molar-refractivity contribution is 0.0517. The molecular formula is C30H32N6O7S. The molecule has 0 spiro atoms. The van der Waals surface area contributed by atoms with Gasteiger partial charge in [-0.05, 0) is 39.0 Å². The predicted octanol–water partition coefficient (Wildman–Crippen LogP) is 4.85. The molecule has 4 aromatic rings. The quantitative estimate of drug-likeness (QED) is 0.155. The number of urea groups is 1. The molecule has 0 atom stereocenters. The molecule has 13 nitrogen and oxygen atoms in total. The monoisotopic (exact) mass is 620 g/mol. The number of carbonyl (C=O) groups excluding carboxylic acids is 3. The van der Waals surface area contributed by atoms with Gasteiger partial charge in [0.1, 0.15) is 23.0 Å². The van der Waals surface area contributed by atoms with Crippen molar-refractivity contribution in [3.05, 3.63) is 59.5 Å². The van der Waals surface area contributed by atoms with Crippen molar-refractivity contribution >= 4 is 35.1 Å². The van der Waals surface area contributed by atoms with Crippen LogP contribution in [0, 0.1) is 0 Å². The molecular weight excluding hydrogens is 588 g/mol. The van der Waals surface area contributed by atoms with Crippen LogP contribution in [0.15, 0.2) is 48.4 Å². The maximum absolute atomic E-state index is 13.5. The first kappa shape index (κ1) is 32.0. The number of esters is 2. The fraction of sp³-hybridized carbons (Fsp3) is 0.300. The summed E-state index contributed by atoms with van der Waals surface area (Å²) in [5.41, 5.74) is 2.60. The Morgan fingerprint density at radius 3 is 2.50 bits per heavy atom. The number of rotatable bonds is 13. The van der Waals surface area contributed by atoms with E-state index in [0.717, 1.165) is 0 Å². The molecule has 44 heavy (non-hydrogen) atoms. The van der Waals surface area contributed by atoms with E-state index in [9.17, 15) is 14.4 Å². The van der Waals surface area contributed by atoms with E-state index >= 15 is 0 Å². The van der Waals surface area contributed by atoms with Crippen molar-refractivity contribution in [3.8, 4) is 38.8 Å². The molecule has 14 heteroatoms. The molecule has 0 aliphatic rings. The third kappa shape index (κ3) is 7.51. The van der Waals surface area contributed by atoms with Crippen molar-refractivity contribution in [2.75, 3.05) is 45.4 Å². The van der Waals surface area contributed by atoms with Gasteiger partial charge in [0.05, 0.1) is 36.6 Å². The van der Waals surface area contributed by atoms with E-state index in [4.69, 9.17) is 23.9 Å². The summed E-state index contributed by atoms with van der Waals surface area (Å²) in [4.78, 5) is 56.5. The number of carbonyl (C=O) groups is 3. The van der Waals surface area contributed by atoms with Crippen molar-refractivity contribution in [1.82, 2.24) is 25.3 Å². The van der Waals surface area contributed by atoms with Crippen LogP contribution in [0.4, 0.5) is 10.6 Å². The second-order valence-corrected chi connectivity index (χ2v) is 9.75. The predicted molar refractivity (Wildman–Crippen MR) is 164 cm³/mol. The van der Waals surface area contributed by atoms with Crippen LogP contribution in [0.1, 0.15) is 41.5 Å². The third-order valence-corrected chi connectivity index (χ3v) is 6.84. The minimum absolute atomic E-state index is 0.0132. The number of hydrogen-bond acceptors (Lipinski definition) is 12. The zero-order chi connectivity index (χ0) is 31.5. The first-order valence-electron chi connectivity index (χ1n) is 13.8. The molecule has 4 rings (SSSR count). The van der Waals surface area contributed by atoms with Crippen LogP contribution in [-0.4, -0.2) is 78.0 Å². The highest BCUT2D eigenvalue weighted by Gasteiger charge is 2.28. The number of amides is 2. The van der Waals surface area contributed by atoms with Crippen LogP contribution < -0.4 is 15.4 Å². The van der Waals surface area contributed by atoms with Crippen molar-refractivity contribution in [3.63, 3.8) is 0 Å². The molecule has 4 aromatic heterocycles. The summed E-state index contributed by atoms with van der Waals surface area (Å²) in [6.45, 7) is 6.43. The van der Waals surface area contributed by atoms with Gasteiger partial charge < -0.3 is 24.3 Å². The lowest BCUT2D eigenvalue weighted by Gasteiger charge is -2.17. The van der Waals surface area contributed by atoms with Crippen LogP contribution in [0.25, 0.3) is 33.0 Å². The molecule has 0 bridgehead atoms. The highest BCUT2D eigenvalue weighted by atomic mass is 32.1. The standard InChI is InChI=1S/C30H32N6O7S/c1-5-32-30(39)36-25-24(29(38)42-7-3)23(21(16-34-25)18-13-19(15-31-14-18)28(37)41-6-2)27-35-22(17-44-27)20-9-8-10-33-26(20)43-12-11-40-4/h8-10,13-17H,5-7,11-12H2,1-4H3,(H2,32,34,36,39). The molecule has 0 radical (unpaired) electrons. The van der Waals surface area contributed by atoms with Crippen molar-refractivity contribution < 1.29 is 33.3 Å². The number of methoxy groups -OCH3 is 1. The first-order valence-corrected chi connectivity index (χ1v) is 14.7. The topological polar surface area (TPSA) is 164 Å². The van der Waals surface area contributed by atoms with Gasteiger partial charge in [0.25, 0.3) is 0 Å². The summed E-state index contributed by atoms with van der Waals surface area (Å²) in [5.74, 6) is -0.929. The zero-order valence-corrected chi connectivity index (χ0v) is 25.5. The fourth-order valence-electron chi connectivity index (χ4n) is 4.11. The van der Waals surface area contributed by atoms with E-state index in [1.54, 1.807) is 51.6 Å². The second-order valence-electron chi connectivity index (χ2n) is 8.89. The molecule has 0 aliphatic carbocycles. The van der Waals surface area contributed by atoms with Gasteiger partial charge in [0.15, 0.2) is 0 Å². The Balaban J connectivity index is 1.94. The number of thiazole rings is 1. The van der Waals surface area contributed by atoms with Crippen LogP contribution in [0.3, 0.4) is 0 Å². The van der Waals surface area contributed by atoms with Crippen LogP contribution >= 0.6 is 11.3 Å². The molecule has 0 aliphatic heterocycles. The summed E-state index contributed by atoms with van der Waals surface area (Å²) in [6.07, 6.45) is 6.02. The normalized spacial score (nSPS) is 10.6. The highest BCUT2D eigenvalue weighted by molar-refractivity contribution is 7.13. The molecule has 2 N–H and O–H groups in total. The molecule has 0 aromatic carbocycles. The number of pyridine rings is 3. The fourth-order valence-corrected chi connectivity index (χ4v) is 4.99. The van der Waals surface area contributed by atoms with E-state index in [0.29, 0.717) is 52.0 Å². The average molecular weight is 621 g/mol. The maximum atomic E-state index is 13.5. The molecule has 230 valence electrons. The van der Waals surface area contributed by atoms with Gasteiger partial charge in [-0.1, -0.05) is 0 Å². The van der Waals surface area contributed by atoms with E-state index < -0.39 is 18.0 Å². The van der Waals surface area contributed by atoms with Crippen LogP contribution in [0.5, 0.6) is 5.88 Å². The lowest BCUT2D eigenvalue weighted by Crippen LogP contribution is -2.29. The number of nitrogens with zero attached hydrogens (tertiary/aromatic N) is 4. The van der Waals surface area contributed by atoms with E-state index in [-0.39, 0.29) is 36.8 Å². The number of nitrogens with one attached hydrogen (secondary N) is 2. The molecule has 0 unspecified atom stereocenters. The Hall–Kier alpha value is -4.95. The number of aromatic nitrogens is 4. The number of anilines is 1. The van der Waals surface area contributed by atoms with Gasteiger partial charge in [-0.3, -0.25) is 10.3 Å². The molecule has 0 saturated carbocycles. The smallest absolute Gasteiger partial charge is 0.342 e. The van der Waals surface area contributed by atoms with Crippen molar-refractivity contribution in [1.29, 1.82) is 0 Å². The van der Waals surface area contributed by atoms with E-state index in [1.165, 1.54) is 29.9 Å².